The van der Waals surface area contributed by atoms with E-state index in [-0.39, 0.29) is 17.7 Å². The molecule has 1 amide bonds. The van der Waals surface area contributed by atoms with Crippen LogP contribution in [-0.4, -0.2) is 43.4 Å². The molecule has 6 heteroatoms. The van der Waals surface area contributed by atoms with Crippen molar-refractivity contribution < 1.29 is 19.1 Å². The Hall–Kier alpha value is -2.31. The molecule has 0 radical (unpaired) electrons. The maximum absolute atomic E-state index is 12.5. The summed E-state index contributed by atoms with van der Waals surface area (Å²) in [5.74, 6) is 2.41. The molecule has 0 unspecified atom stereocenters. The number of carbonyl (C=O) groups excluding carboxylic acids is 1. The van der Waals surface area contributed by atoms with Crippen LogP contribution in [0, 0.1) is 11.8 Å². The topological polar surface area (TPSA) is 83.7 Å². The monoisotopic (exact) mass is 356 g/mol. The molecule has 2 aliphatic rings. The van der Waals surface area contributed by atoms with Gasteiger partial charge in [0, 0.05) is 5.56 Å². The number of nitrogens with one attached hydrogen (secondary N) is 2. The second-order valence-corrected chi connectivity index (χ2v) is 7.19. The number of aliphatic hydroxyl groups excluding tert-OH is 1. The Labute approximate surface area is 152 Å². The molecule has 0 spiro atoms. The van der Waals surface area contributed by atoms with E-state index in [0.29, 0.717) is 17.6 Å². The average molecular weight is 356 g/mol. The second-order valence-electron chi connectivity index (χ2n) is 7.19. The number of amides is 1. The first kappa shape index (κ1) is 17.1. The maximum atomic E-state index is 12.5. The van der Waals surface area contributed by atoms with Crippen molar-refractivity contribution in [3.63, 3.8) is 0 Å². The molecule has 4 atom stereocenters. The highest BCUT2D eigenvalue weighted by molar-refractivity contribution is 5.92. The molecule has 2 heterocycles. The lowest BCUT2D eigenvalue weighted by molar-refractivity contribution is 0.0453. The van der Waals surface area contributed by atoms with Crippen LogP contribution in [0.15, 0.2) is 40.8 Å². The smallest absolute Gasteiger partial charge is 0.287 e. The average Bonchev–Trinajstić information content (AvgIpc) is 3.31. The van der Waals surface area contributed by atoms with Gasteiger partial charge in [-0.15, -0.1) is 0 Å². The summed E-state index contributed by atoms with van der Waals surface area (Å²) >= 11 is 0. The fourth-order valence-corrected chi connectivity index (χ4v) is 4.06. The molecule has 1 aromatic carbocycles. The Morgan fingerprint density at radius 3 is 2.62 bits per heavy atom. The predicted octanol–water partition coefficient (Wildman–Crippen LogP) is 2.04. The summed E-state index contributed by atoms with van der Waals surface area (Å²) < 4.78 is 10.9. The van der Waals surface area contributed by atoms with Crippen molar-refractivity contribution in [3.05, 3.63) is 42.2 Å². The minimum Gasteiger partial charge on any atom is -0.497 e. The standard InChI is InChI=1S/C20H24N2O4/c1-25-15-4-2-12(3-5-15)18-6-7-19(26-18)20(24)22-16-8-13-10-21-11-14(13)9-17(16)23/h2-7,13-14,16-17,21,23H,8-11H2,1H3,(H,22,24)/t13-,14+,16-,17-/m0/s1. The molecule has 138 valence electrons. The van der Waals surface area contributed by atoms with Crippen molar-refractivity contribution in [2.24, 2.45) is 11.8 Å². The summed E-state index contributed by atoms with van der Waals surface area (Å²) in [6.07, 6.45) is 1.03. The Kier molecular flexibility index (Phi) is 4.70. The number of benzene rings is 1. The molecule has 3 N–H and O–H groups in total. The van der Waals surface area contributed by atoms with E-state index in [9.17, 15) is 9.90 Å². The van der Waals surface area contributed by atoms with E-state index in [1.165, 1.54) is 0 Å². The second kappa shape index (κ2) is 7.13. The first-order chi connectivity index (χ1) is 12.6. The van der Waals surface area contributed by atoms with Crippen LogP contribution in [0.4, 0.5) is 0 Å². The van der Waals surface area contributed by atoms with Gasteiger partial charge in [-0.25, -0.2) is 0 Å². The SMILES string of the molecule is COc1ccc(-c2ccc(C(=O)N[C@H]3C[C@H]4CNC[C@H]4C[C@@H]3O)o2)cc1. The molecule has 4 rings (SSSR count). The maximum Gasteiger partial charge on any atom is 0.287 e. The molecule has 6 nitrogen and oxygen atoms in total. The molecule has 1 saturated heterocycles. The third-order valence-corrected chi connectivity index (χ3v) is 5.57. The summed E-state index contributed by atoms with van der Waals surface area (Å²) in [6, 6.07) is 10.7. The van der Waals surface area contributed by atoms with E-state index < -0.39 is 6.10 Å². The third kappa shape index (κ3) is 3.34. The van der Waals surface area contributed by atoms with Crippen LogP contribution in [0.1, 0.15) is 23.4 Å². The van der Waals surface area contributed by atoms with Crippen molar-refractivity contribution in [1.29, 1.82) is 0 Å². The Morgan fingerprint density at radius 1 is 1.15 bits per heavy atom. The number of hydrogen-bond acceptors (Lipinski definition) is 5. The van der Waals surface area contributed by atoms with E-state index in [2.05, 4.69) is 10.6 Å². The molecule has 26 heavy (non-hydrogen) atoms. The normalized spacial score (nSPS) is 27.8. The lowest BCUT2D eigenvalue weighted by atomic mass is 9.77. The molecular weight excluding hydrogens is 332 g/mol. The van der Waals surface area contributed by atoms with Crippen LogP contribution >= 0.6 is 0 Å². The van der Waals surface area contributed by atoms with Gasteiger partial charge in [-0.05, 0) is 74.2 Å². The van der Waals surface area contributed by atoms with Gasteiger partial charge in [0.05, 0.1) is 19.3 Å². The van der Waals surface area contributed by atoms with E-state index in [4.69, 9.17) is 9.15 Å². The molecule has 2 aromatic rings. The molecule has 1 aliphatic heterocycles. The first-order valence-electron chi connectivity index (χ1n) is 9.08. The van der Waals surface area contributed by atoms with Crippen LogP contribution < -0.4 is 15.4 Å². The predicted molar refractivity (Wildman–Crippen MR) is 97.0 cm³/mol. The van der Waals surface area contributed by atoms with Gasteiger partial charge >= 0.3 is 0 Å². The number of hydrogen-bond donors (Lipinski definition) is 3. The van der Waals surface area contributed by atoms with Gasteiger partial charge in [-0.1, -0.05) is 0 Å². The van der Waals surface area contributed by atoms with Gasteiger partial charge in [0.25, 0.3) is 5.91 Å². The van der Waals surface area contributed by atoms with Gasteiger partial charge in [-0.3, -0.25) is 4.79 Å². The zero-order chi connectivity index (χ0) is 18.1. The molecular formula is C20H24N2O4. The molecule has 1 aromatic heterocycles. The fraction of sp³-hybridized carbons (Fsp3) is 0.450. The number of ether oxygens (including phenoxy) is 1. The summed E-state index contributed by atoms with van der Waals surface area (Å²) in [5.41, 5.74) is 0.877. The van der Waals surface area contributed by atoms with Gasteiger partial charge in [0.2, 0.25) is 0 Å². The summed E-state index contributed by atoms with van der Waals surface area (Å²) in [5, 5.41) is 16.7. The Balaban J connectivity index is 1.42. The van der Waals surface area contributed by atoms with Gasteiger partial charge in [-0.2, -0.15) is 0 Å². The lowest BCUT2D eigenvalue weighted by Gasteiger charge is -2.35. The zero-order valence-electron chi connectivity index (χ0n) is 14.8. The van der Waals surface area contributed by atoms with Crippen molar-refractivity contribution in [2.75, 3.05) is 20.2 Å². The number of rotatable bonds is 4. The summed E-state index contributed by atoms with van der Waals surface area (Å²) in [6.45, 7) is 1.93. The van der Waals surface area contributed by atoms with Crippen LogP contribution in [0.5, 0.6) is 5.75 Å². The van der Waals surface area contributed by atoms with Crippen molar-refractivity contribution in [1.82, 2.24) is 10.6 Å². The minimum absolute atomic E-state index is 0.224. The van der Waals surface area contributed by atoms with Gasteiger partial charge in [0.15, 0.2) is 5.76 Å². The summed E-state index contributed by atoms with van der Waals surface area (Å²) in [7, 11) is 1.62. The molecule has 1 aliphatic carbocycles. The van der Waals surface area contributed by atoms with Crippen LogP contribution in [0.3, 0.4) is 0 Å². The van der Waals surface area contributed by atoms with E-state index in [1.54, 1.807) is 19.2 Å². The number of aliphatic hydroxyl groups is 1. The lowest BCUT2D eigenvalue weighted by Crippen LogP contribution is -2.49. The Bertz CT molecular complexity index is 770. The number of methoxy groups -OCH3 is 1. The zero-order valence-corrected chi connectivity index (χ0v) is 14.8. The molecule has 1 saturated carbocycles. The van der Waals surface area contributed by atoms with Crippen molar-refractivity contribution >= 4 is 5.91 Å². The third-order valence-electron chi connectivity index (χ3n) is 5.57. The van der Waals surface area contributed by atoms with E-state index >= 15 is 0 Å². The van der Waals surface area contributed by atoms with Gasteiger partial charge in [0.1, 0.15) is 11.5 Å². The van der Waals surface area contributed by atoms with Crippen LogP contribution in [0.2, 0.25) is 0 Å². The highest BCUT2D eigenvalue weighted by atomic mass is 16.5. The molecule has 2 fully saturated rings. The first-order valence-corrected chi connectivity index (χ1v) is 9.08. The largest absolute Gasteiger partial charge is 0.497 e. The minimum atomic E-state index is -0.504. The summed E-state index contributed by atoms with van der Waals surface area (Å²) in [4.78, 5) is 12.5. The van der Waals surface area contributed by atoms with E-state index in [1.807, 2.05) is 24.3 Å². The number of fused-ring (bicyclic) bond motifs is 1. The van der Waals surface area contributed by atoms with Crippen LogP contribution in [-0.2, 0) is 0 Å². The molecule has 0 bridgehead atoms. The quantitative estimate of drug-likeness (QED) is 0.781. The Morgan fingerprint density at radius 2 is 1.88 bits per heavy atom. The van der Waals surface area contributed by atoms with E-state index in [0.717, 1.165) is 37.2 Å². The fourth-order valence-electron chi connectivity index (χ4n) is 4.06. The highest BCUT2D eigenvalue weighted by Crippen LogP contribution is 2.33. The van der Waals surface area contributed by atoms with Crippen molar-refractivity contribution in [2.45, 2.75) is 25.0 Å². The number of carbonyl (C=O) groups is 1. The number of furan rings is 1. The van der Waals surface area contributed by atoms with Crippen molar-refractivity contribution in [3.8, 4) is 17.1 Å². The highest BCUT2D eigenvalue weighted by Gasteiger charge is 2.39. The van der Waals surface area contributed by atoms with Crippen LogP contribution in [0.25, 0.3) is 11.3 Å². The van der Waals surface area contributed by atoms with Gasteiger partial charge < -0.3 is 24.9 Å².